The van der Waals surface area contributed by atoms with Crippen LogP contribution >= 0.6 is 11.8 Å². The van der Waals surface area contributed by atoms with Gasteiger partial charge in [0.2, 0.25) is 5.91 Å². The van der Waals surface area contributed by atoms with E-state index in [9.17, 15) is 4.79 Å². The fraction of sp³-hybridized carbons (Fsp3) is 0.462. The number of aromatic nitrogens is 2. The third-order valence-corrected chi connectivity index (χ3v) is 3.36. The van der Waals surface area contributed by atoms with Crippen LogP contribution in [0.25, 0.3) is 6.08 Å². The number of carbonyl (C=O) groups excluding carboxylic acids is 1. The fourth-order valence-corrected chi connectivity index (χ4v) is 2.08. The molecule has 0 spiro atoms. The Kier molecular flexibility index (Phi) is 5.35. The van der Waals surface area contributed by atoms with E-state index in [0.29, 0.717) is 6.54 Å². The number of hydrogen-bond acceptors (Lipinski definition) is 5. The molecule has 1 aromatic heterocycles. The molecule has 0 aromatic carbocycles. The number of hydrogen-bond donors (Lipinski definition) is 1. The SMILES string of the molecule is CSc1ncc(/C=C/C(=O)NC[C@@H]2CCCO2)cn1. The maximum absolute atomic E-state index is 11.6. The first-order chi connectivity index (χ1) is 9.28. The van der Waals surface area contributed by atoms with Crippen molar-refractivity contribution >= 4 is 23.7 Å². The number of carbonyl (C=O) groups is 1. The lowest BCUT2D eigenvalue weighted by Gasteiger charge is -2.08. The highest BCUT2D eigenvalue weighted by Crippen LogP contribution is 2.10. The molecule has 1 aliphatic heterocycles. The lowest BCUT2D eigenvalue weighted by Crippen LogP contribution is -2.30. The third kappa shape index (κ3) is 4.65. The van der Waals surface area contributed by atoms with E-state index in [1.807, 2.05) is 6.26 Å². The van der Waals surface area contributed by atoms with Crippen LogP contribution in [0.2, 0.25) is 0 Å². The standard InChI is InChI=1S/C13H17N3O2S/c1-19-13-15-7-10(8-16-13)4-5-12(17)14-9-11-3-2-6-18-11/h4-5,7-8,11H,2-3,6,9H2,1H3,(H,14,17)/b5-4+/t11-/m0/s1. The van der Waals surface area contributed by atoms with Crippen LogP contribution in [0.3, 0.4) is 0 Å². The van der Waals surface area contributed by atoms with Crippen LogP contribution in [0.5, 0.6) is 0 Å². The number of amides is 1. The topological polar surface area (TPSA) is 64.1 Å². The molecular formula is C13H17N3O2S. The molecule has 0 aliphatic carbocycles. The van der Waals surface area contributed by atoms with Gasteiger partial charge in [-0.2, -0.15) is 0 Å². The van der Waals surface area contributed by atoms with Gasteiger partial charge in [-0.3, -0.25) is 4.79 Å². The summed E-state index contributed by atoms with van der Waals surface area (Å²) in [6.07, 6.45) is 10.8. The summed E-state index contributed by atoms with van der Waals surface area (Å²) in [6, 6.07) is 0. The molecule has 6 heteroatoms. The van der Waals surface area contributed by atoms with Crippen LogP contribution in [0.15, 0.2) is 23.6 Å². The monoisotopic (exact) mass is 279 g/mol. The Labute approximate surface area is 116 Å². The van der Waals surface area contributed by atoms with Crippen molar-refractivity contribution in [3.8, 4) is 0 Å². The first-order valence-corrected chi connectivity index (χ1v) is 7.44. The van der Waals surface area contributed by atoms with E-state index in [4.69, 9.17) is 4.74 Å². The molecule has 0 saturated carbocycles. The molecule has 1 amide bonds. The minimum Gasteiger partial charge on any atom is -0.376 e. The van der Waals surface area contributed by atoms with Gasteiger partial charge in [-0.15, -0.1) is 0 Å². The molecule has 1 N–H and O–H groups in total. The molecule has 2 rings (SSSR count). The van der Waals surface area contributed by atoms with E-state index in [0.717, 1.165) is 30.2 Å². The molecule has 1 aliphatic rings. The van der Waals surface area contributed by atoms with E-state index in [1.165, 1.54) is 17.8 Å². The zero-order valence-electron chi connectivity index (χ0n) is 10.8. The number of ether oxygens (including phenoxy) is 1. The Balaban J connectivity index is 1.78. The quantitative estimate of drug-likeness (QED) is 0.503. The van der Waals surface area contributed by atoms with Gasteiger partial charge in [-0.05, 0) is 25.2 Å². The molecular weight excluding hydrogens is 262 g/mol. The lowest BCUT2D eigenvalue weighted by atomic mass is 10.2. The van der Waals surface area contributed by atoms with Crippen molar-refractivity contribution in [2.24, 2.45) is 0 Å². The molecule has 0 radical (unpaired) electrons. The van der Waals surface area contributed by atoms with Gasteiger partial charge in [0.05, 0.1) is 6.10 Å². The molecule has 2 heterocycles. The summed E-state index contributed by atoms with van der Waals surface area (Å²) >= 11 is 1.48. The van der Waals surface area contributed by atoms with Crippen LogP contribution in [-0.4, -0.2) is 41.4 Å². The fourth-order valence-electron chi connectivity index (χ4n) is 1.77. The second kappa shape index (κ2) is 7.25. The molecule has 102 valence electrons. The van der Waals surface area contributed by atoms with Crippen LogP contribution in [0, 0.1) is 0 Å². The van der Waals surface area contributed by atoms with Gasteiger partial charge in [-0.1, -0.05) is 11.8 Å². The first-order valence-electron chi connectivity index (χ1n) is 6.21. The predicted molar refractivity (Wildman–Crippen MR) is 74.8 cm³/mol. The molecule has 0 unspecified atom stereocenters. The Hall–Kier alpha value is -1.40. The van der Waals surface area contributed by atoms with Gasteiger partial charge < -0.3 is 10.1 Å². The van der Waals surface area contributed by atoms with Crippen LogP contribution in [-0.2, 0) is 9.53 Å². The van der Waals surface area contributed by atoms with E-state index in [-0.39, 0.29) is 12.0 Å². The van der Waals surface area contributed by atoms with Gasteiger partial charge in [0.15, 0.2) is 5.16 Å². The second-order valence-corrected chi connectivity index (χ2v) is 4.99. The Morgan fingerprint density at radius 3 is 3.00 bits per heavy atom. The van der Waals surface area contributed by atoms with Gasteiger partial charge >= 0.3 is 0 Å². The van der Waals surface area contributed by atoms with Gasteiger partial charge in [-0.25, -0.2) is 9.97 Å². The number of rotatable bonds is 5. The number of nitrogens with one attached hydrogen (secondary N) is 1. The number of thioether (sulfide) groups is 1. The largest absolute Gasteiger partial charge is 0.376 e. The lowest BCUT2D eigenvalue weighted by molar-refractivity contribution is -0.116. The second-order valence-electron chi connectivity index (χ2n) is 4.22. The zero-order valence-corrected chi connectivity index (χ0v) is 11.7. The van der Waals surface area contributed by atoms with E-state index in [1.54, 1.807) is 18.5 Å². The highest BCUT2D eigenvalue weighted by atomic mass is 32.2. The molecule has 0 bridgehead atoms. The molecule has 1 fully saturated rings. The Bertz CT molecular complexity index is 442. The maximum Gasteiger partial charge on any atom is 0.244 e. The zero-order chi connectivity index (χ0) is 13.5. The van der Waals surface area contributed by atoms with Crippen molar-refractivity contribution in [3.63, 3.8) is 0 Å². The van der Waals surface area contributed by atoms with Crippen molar-refractivity contribution in [2.45, 2.75) is 24.1 Å². The van der Waals surface area contributed by atoms with Crippen LogP contribution in [0.1, 0.15) is 18.4 Å². The minimum absolute atomic E-state index is 0.121. The van der Waals surface area contributed by atoms with E-state index in [2.05, 4.69) is 15.3 Å². The smallest absolute Gasteiger partial charge is 0.244 e. The summed E-state index contributed by atoms with van der Waals surface area (Å²) in [4.78, 5) is 19.9. The van der Waals surface area contributed by atoms with Gasteiger partial charge in [0.25, 0.3) is 0 Å². The van der Waals surface area contributed by atoms with E-state index < -0.39 is 0 Å². The Morgan fingerprint density at radius 2 is 2.37 bits per heavy atom. The van der Waals surface area contributed by atoms with Crippen LogP contribution in [0.4, 0.5) is 0 Å². The summed E-state index contributed by atoms with van der Waals surface area (Å²) < 4.78 is 5.43. The summed E-state index contributed by atoms with van der Waals surface area (Å²) in [5, 5.41) is 3.54. The summed E-state index contributed by atoms with van der Waals surface area (Å²) in [7, 11) is 0. The van der Waals surface area contributed by atoms with Crippen molar-refractivity contribution in [1.82, 2.24) is 15.3 Å². The van der Waals surface area contributed by atoms with Crippen molar-refractivity contribution in [3.05, 3.63) is 24.0 Å². The Morgan fingerprint density at radius 1 is 1.58 bits per heavy atom. The molecule has 1 aromatic rings. The van der Waals surface area contributed by atoms with Gasteiger partial charge in [0.1, 0.15) is 0 Å². The minimum atomic E-state index is -0.121. The van der Waals surface area contributed by atoms with Gasteiger partial charge in [0, 0.05) is 37.2 Å². The van der Waals surface area contributed by atoms with Crippen LogP contribution < -0.4 is 5.32 Å². The molecule has 5 nitrogen and oxygen atoms in total. The highest BCUT2D eigenvalue weighted by molar-refractivity contribution is 7.98. The third-order valence-electron chi connectivity index (χ3n) is 2.79. The van der Waals surface area contributed by atoms with Crippen molar-refractivity contribution < 1.29 is 9.53 Å². The average Bonchev–Trinajstić information content (AvgIpc) is 2.96. The predicted octanol–water partition coefficient (Wildman–Crippen LogP) is 1.51. The highest BCUT2D eigenvalue weighted by Gasteiger charge is 2.15. The average molecular weight is 279 g/mol. The van der Waals surface area contributed by atoms with Crippen molar-refractivity contribution in [1.29, 1.82) is 0 Å². The normalized spacial score (nSPS) is 18.9. The number of nitrogens with zero attached hydrogens (tertiary/aromatic N) is 2. The molecule has 19 heavy (non-hydrogen) atoms. The molecule has 1 saturated heterocycles. The van der Waals surface area contributed by atoms with Crippen molar-refractivity contribution in [2.75, 3.05) is 19.4 Å². The van der Waals surface area contributed by atoms with E-state index >= 15 is 0 Å². The maximum atomic E-state index is 11.6. The first kappa shape index (κ1) is 14.0. The molecule has 1 atom stereocenters. The summed E-state index contributed by atoms with van der Waals surface area (Å²) in [6.45, 7) is 1.38. The summed E-state index contributed by atoms with van der Waals surface area (Å²) in [5.41, 5.74) is 0.810. The summed E-state index contributed by atoms with van der Waals surface area (Å²) in [5.74, 6) is -0.121.